The Labute approximate surface area is 185 Å². The van der Waals surface area contributed by atoms with Gasteiger partial charge in [-0.15, -0.1) is 0 Å². The molecule has 0 aliphatic carbocycles. The largest absolute Gasteiger partial charge is 0.497 e. The van der Waals surface area contributed by atoms with Crippen molar-refractivity contribution in [3.05, 3.63) is 76.2 Å². The zero-order chi connectivity index (χ0) is 22.8. The number of amides is 1. The van der Waals surface area contributed by atoms with Gasteiger partial charge in [0.1, 0.15) is 18.0 Å². The van der Waals surface area contributed by atoms with Crippen LogP contribution in [0.4, 0.5) is 5.69 Å². The number of benzene rings is 2. The molecule has 0 radical (unpaired) electrons. The van der Waals surface area contributed by atoms with E-state index in [1.807, 2.05) is 32.0 Å². The molecule has 164 valence electrons. The van der Waals surface area contributed by atoms with E-state index in [-0.39, 0.29) is 18.0 Å². The van der Waals surface area contributed by atoms with Crippen LogP contribution in [-0.2, 0) is 11.3 Å². The molecule has 2 aromatic carbocycles. The van der Waals surface area contributed by atoms with Gasteiger partial charge in [0.15, 0.2) is 5.65 Å². The molecule has 0 aliphatic rings. The smallest absolute Gasteiger partial charge is 0.280 e. The summed E-state index contributed by atoms with van der Waals surface area (Å²) in [7, 11) is 3.07. The number of rotatable bonds is 6. The molecule has 4 aromatic rings. The molecule has 0 saturated carbocycles. The third kappa shape index (κ3) is 3.82. The molecular weight excluding hydrogens is 408 g/mol. The molecule has 8 nitrogen and oxygen atoms in total. The van der Waals surface area contributed by atoms with Gasteiger partial charge in [-0.05, 0) is 61.4 Å². The Kier molecular flexibility index (Phi) is 5.68. The topological polar surface area (TPSA) is 87.4 Å². The lowest BCUT2D eigenvalue weighted by molar-refractivity contribution is -0.117. The van der Waals surface area contributed by atoms with E-state index >= 15 is 0 Å². The van der Waals surface area contributed by atoms with Gasteiger partial charge in [0.2, 0.25) is 5.91 Å². The van der Waals surface area contributed by atoms with E-state index in [1.165, 1.54) is 11.8 Å². The monoisotopic (exact) mass is 432 g/mol. The second-order valence-electron chi connectivity index (χ2n) is 7.43. The summed E-state index contributed by atoms with van der Waals surface area (Å²) in [6, 6.07) is 14.3. The van der Waals surface area contributed by atoms with E-state index in [2.05, 4.69) is 10.3 Å². The average Bonchev–Trinajstić information content (AvgIpc) is 3.07. The first-order valence-corrected chi connectivity index (χ1v) is 10.1. The maximum absolute atomic E-state index is 13.2. The van der Waals surface area contributed by atoms with Crippen LogP contribution in [-0.4, -0.2) is 34.5 Å². The van der Waals surface area contributed by atoms with Crippen LogP contribution < -0.4 is 20.3 Å². The molecule has 0 bridgehead atoms. The number of hydrogen-bond donors (Lipinski definition) is 1. The molecule has 1 amide bonds. The van der Waals surface area contributed by atoms with Gasteiger partial charge in [0, 0.05) is 12.3 Å². The minimum atomic E-state index is -0.336. The zero-order valence-electron chi connectivity index (χ0n) is 18.4. The standard InChI is InChI=1S/C24H24N4O4/c1-15-7-8-17(12-16(15)2)28-24(30)19-6-5-11-25-23(19)27(28)14-22(29)26-20-13-18(31-3)9-10-21(20)32-4/h5-13H,14H2,1-4H3,(H,26,29). The highest BCUT2D eigenvalue weighted by atomic mass is 16.5. The molecule has 32 heavy (non-hydrogen) atoms. The van der Waals surface area contributed by atoms with Crippen LogP contribution in [0.15, 0.2) is 59.5 Å². The van der Waals surface area contributed by atoms with Crippen molar-refractivity contribution < 1.29 is 14.3 Å². The number of nitrogens with zero attached hydrogens (tertiary/aromatic N) is 3. The molecule has 0 saturated heterocycles. The minimum absolute atomic E-state index is 0.122. The molecule has 4 rings (SSSR count). The Balaban J connectivity index is 1.77. The Morgan fingerprint density at radius 2 is 1.84 bits per heavy atom. The predicted octanol–water partition coefficient (Wildman–Crippen LogP) is 3.46. The van der Waals surface area contributed by atoms with Crippen LogP contribution in [0.5, 0.6) is 11.5 Å². The molecular formula is C24H24N4O4. The van der Waals surface area contributed by atoms with Gasteiger partial charge in [-0.1, -0.05) is 6.07 Å². The molecule has 8 heteroatoms. The average molecular weight is 432 g/mol. The Morgan fingerprint density at radius 3 is 2.56 bits per heavy atom. The van der Waals surface area contributed by atoms with Crippen LogP contribution in [0.2, 0.25) is 0 Å². The van der Waals surface area contributed by atoms with Gasteiger partial charge in [-0.2, -0.15) is 0 Å². The van der Waals surface area contributed by atoms with Gasteiger partial charge in [-0.25, -0.2) is 9.67 Å². The van der Waals surface area contributed by atoms with E-state index in [4.69, 9.17) is 9.47 Å². The number of fused-ring (bicyclic) bond motifs is 1. The van der Waals surface area contributed by atoms with Gasteiger partial charge in [-0.3, -0.25) is 14.3 Å². The highest BCUT2D eigenvalue weighted by Gasteiger charge is 2.19. The fourth-order valence-corrected chi connectivity index (χ4v) is 3.59. The van der Waals surface area contributed by atoms with E-state index in [9.17, 15) is 9.59 Å². The summed E-state index contributed by atoms with van der Waals surface area (Å²) < 4.78 is 13.7. The highest BCUT2D eigenvalue weighted by Crippen LogP contribution is 2.29. The number of carbonyl (C=O) groups is 1. The molecule has 2 heterocycles. The van der Waals surface area contributed by atoms with Crippen molar-refractivity contribution in [1.29, 1.82) is 0 Å². The van der Waals surface area contributed by atoms with E-state index < -0.39 is 0 Å². The Hall–Kier alpha value is -4.07. The van der Waals surface area contributed by atoms with Gasteiger partial charge in [0.05, 0.1) is 31.0 Å². The van der Waals surface area contributed by atoms with Crippen molar-refractivity contribution in [2.75, 3.05) is 19.5 Å². The molecule has 0 spiro atoms. The van der Waals surface area contributed by atoms with Crippen molar-refractivity contribution in [2.45, 2.75) is 20.4 Å². The van der Waals surface area contributed by atoms with Crippen LogP contribution in [0.25, 0.3) is 16.7 Å². The van der Waals surface area contributed by atoms with E-state index in [0.717, 1.165) is 11.1 Å². The van der Waals surface area contributed by atoms with Crippen molar-refractivity contribution in [3.8, 4) is 17.2 Å². The molecule has 0 aliphatic heterocycles. The number of ether oxygens (including phenoxy) is 2. The number of aryl methyl sites for hydroxylation is 2. The lowest BCUT2D eigenvalue weighted by Crippen LogP contribution is -2.27. The van der Waals surface area contributed by atoms with Gasteiger partial charge in [0.25, 0.3) is 5.56 Å². The number of pyridine rings is 1. The molecule has 0 fully saturated rings. The highest BCUT2D eigenvalue weighted by molar-refractivity contribution is 5.93. The van der Waals surface area contributed by atoms with E-state index in [0.29, 0.717) is 33.9 Å². The second-order valence-corrected chi connectivity index (χ2v) is 7.43. The number of methoxy groups -OCH3 is 2. The number of carbonyl (C=O) groups excluding carboxylic acids is 1. The Morgan fingerprint density at radius 1 is 1.03 bits per heavy atom. The first-order valence-electron chi connectivity index (χ1n) is 10.1. The van der Waals surface area contributed by atoms with Crippen LogP contribution in [0, 0.1) is 13.8 Å². The van der Waals surface area contributed by atoms with E-state index in [1.54, 1.807) is 48.3 Å². The quantitative estimate of drug-likeness (QED) is 0.504. The molecule has 1 N–H and O–H groups in total. The molecule has 0 unspecified atom stereocenters. The summed E-state index contributed by atoms with van der Waals surface area (Å²) in [5.41, 5.74) is 3.51. The summed E-state index contributed by atoms with van der Waals surface area (Å²) in [6.45, 7) is 3.87. The maximum atomic E-state index is 13.2. The van der Waals surface area contributed by atoms with Crippen molar-refractivity contribution in [2.24, 2.45) is 0 Å². The Bertz CT molecular complexity index is 1370. The number of anilines is 1. The lowest BCUT2D eigenvalue weighted by Gasteiger charge is -2.15. The first kappa shape index (κ1) is 21.2. The number of hydrogen-bond acceptors (Lipinski definition) is 5. The fraction of sp³-hybridized carbons (Fsp3) is 0.208. The summed E-state index contributed by atoms with van der Waals surface area (Å²) in [6.07, 6.45) is 1.60. The third-order valence-corrected chi connectivity index (χ3v) is 5.40. The summed E-state index contributed by atoms with van der Waals surface area (Å²) in [4.78, 5) is 30.6. The van der Waals surface area contributed by atoms with Gasteiger partial charge < -0.3 is 14.8 Å². The zero-order valence-corrected chi connectivity index (χ0v) is 18.4. The normalized spacial score (nSPS) is 10.9. The number of nitrogens with one attached hydrogen (secondary N) is 1. The molecule has 2 aromatic heterocycles. The lowest BCUT2D eigenvalue weighted by atomic mass is 10.1. The minimum Gasteiger partial charge on any atom is -0.497 e. The van der Waals surface area contributed by atoms with Crippen molar-refractivity contribution >= 4 is 22.6 Å². The SMILES string of the molecule is COc1ccc(OC)c(NC(=O)Cn2c3ncccc3c(=O)n2-c2ccc(C)c(C)c2)c1. The van der Waals surface area contributed by atoms with Crippen LogP contribution in [0.3, 0.4) is 0 Å². The van der Waals surface area contributed by atoms with Crippen molar-refractivity contribution in [3.63, 3.8) is 0 Å². The summed E-state index contributed by atoms with van der Waals surface area (Å²) >= 11 is 0. The summed E-state index contributed by atoms with van der Waals surface area (Å²) in [5, 5.41) is 3.29. The van der Waals surface area contributed by atoms with Crippen LogP contribution >= 0.6 is 0 Å². The first-order chi connectivity index (χ1) is 15.4. The third-order valence-electron chi connectivity index (χ3n) is 5.40. The predicted molar refractivity (Wildman–Crippen MR) is 123 cm³/mol. The summed E-state index contributed by atoms with van der Waals surface area (Å²) in [5.74, 6) is 0.749. The number of aromatic nitrogens is 3. The fourth-order valence-electron chi connectivity index (χ4n) is 3.59. The molecule has 0 atom stereocenters. The van der Waals surface area contributed by atoms with Crippen molar-refractivity contribution in [1.82, 2.24) is 14.3 Å². The van der Waals surface area contributed by atoms with Gasteiger partial charge >= 0.3 is 0 Å². The van der Waals surface area contributed by atoms with Crippen LogP contribution in [0.1, 0.15) is 11.1 Å². The maximum Gasteiger partial charge on any atom is 0.280 e. The second kappa shape index (κ2) is 8.58.